The zero-order valence-corrected chi connectivity index (χ0v) is 8.53. The molecule has 2 N–H and O–H groups in total. The van der Waals surface area contributed by atoms with Crippen molar-refractivity contribution in [2.24, 2.45) is 5.84 Å². The maximum Gasteiger partial charge on any atom is 0.126 e. The predicted octanol–water partition coefficient (Wildman–Crippen LogP) is 1.54. The van der Waals surface area contributed by atoms with E-state index in [1.807, 2.05) is 0 Å². The molecule has 82 valence electrons. The van der Waals surface area contributed by atoms with Crippen LogP contribution in [0.2, 0.25) is 0 Å². The average Bonchev–Trinajstić information content (AvgIpc) is 2.61. The molecule has 0 saturated carbocycles. The van der Waals surface area contributed by atoms with Crippen LogP contribution in [0.5, 0.6) is 5.75 Å². The molecule has 0 bridgehead atoms. The Balaban J connectivity index is 1.87. The molecule has 0 aromatic heterocycles. The highest BCUT2D eigenvalue weighted by molar-refractivity contribution is 5.22. The van der Waals surface area contributed by atoms with Crippen LogP contribution >= 0.6 is 0 Å². The van der Waals surface area contributed by atoms with Crippen LogP contribution in [0.15, 0.2) is 24.3 Å². The van der Waals surface area contributed by atoms with Crippen molar-refractivity contribution < 1.29 is 9.13 Å². The lowest BCUT2D eigenvalue weighted by atomic mass is 10.2. The number of benzene rings is 1. The zero-order chi connectivity index (χ0) is 10.7. The summed E-state index contributed by atoms with van der Waals surface area (Å²) in [4.78, 5) is 0. The van der Waals surface area contributed by atoms with Gasteiger partial charge < -0.3 is 4.74 Å². The fourth-order valence-corrected chi connectivity index (χ4v) is 1.79. The average molecular weight is 210 g/mol. The fraction of sp³-hybridized carbons (Fsp3) is 0.455. The minimum Gasteiger partial charge on any atom is -0.492 e. The van der Waals surface area contributed by atoms with Crippen LogP contribution in [0.4, 0.5) is 4.39 Å². The summed E-state index contributed by atoms with van der Waals surface area (Å²) in [5, 5.41) is 1.79. The molecular formula is C11H15FN2O. The molecule has 1 aliphatic heterocycles. The first-order valence-electron chi connectivity index (χ1n) is 5.15. The Morgan fingerprint density at radius 1 is 1.53 bits per heavy atom. The minimum atomic E-state index is -0.275. The summed E-state index contributed by atoms with van der Waals surface area (Å²) in [6.45, 7) is 1.44. The molecule has 4 heteroatoms. The molecule has 1 aliphatic rings. The molecule has 1 heterocycles. The van der Waals surface area contributed by atoms with Gasteiger partial charge in [0, 0.05) is 12.6 Å². The SMILES string of the molecule is NN1CCC[C@H]1COc1cccc(F)c1. The summed E-state index contributed by atoms with van der Waals surface area (Å²) < 4.78 is 18.3. The fourth-order valence-electron chi connectivity index (χ4n) is 1.79. The summed E-state index contributed by atoms with van der Waals surface area (Å²) in [5.41, 5.74) is 0. The van der Waals surface area contributed by atoms with Gasteiger partial charge in [0.2, 0.25) is 0 Å². The zero-order valence-electron chi connectivity index (χ0n) is 8.53. The summed E-state index contributed by atoms with van der Waals surface area (Å²) in [5.74, 6) is 6.04. The van der Waals surface area contributed by atoms with Crippen molar-refractivity contribution >= 4 is 0 Å². The van der Waals surface area contributed by atoms with E-state index in [2.05, 4.69) is 0 Å². The summed E-state index contributed by atoms with van der Waals surface area (Å²) in [6, 6.07) is 6.43. The molecule has 0 radical (unpaired) electrons. The van der Waals surface area contributed by atoms with Gasteiger partial charge >= 0.3 is 0 Å². The molecular weight excluding hydrogens is 195 g/mol. The topological polar surface area (TPSA) is 38.5 Å². The molecule has 0 spiro atoms. The van der Waals surface area contributed by atoms with Gasteiger partial charge in [0.15, 0.2) is 0 Å². The second-order valence-corrected chi connectivity index (χ2v) is 3.80. The second kappa shape index (κ2) is 4.59. The monoisotopic (exact) mass is 210 g/mol. The molecule has 0 aliphatic carbocycles. The molecule has 1 aromatic carbocycles. The van der Waals surface area contributed by atoms with E-state index in [4.69, 9.17) is 10.6 Å². The summed E-state index contributed by atoms with van der Waals surface area (Å²) in [6.07, 6.45) is 2.15. The van der Waals surface area contributed by atoms with E-state index in [0.717, 1.165) is 19.4 Å². The van der Waals surface area contributed by atoms with Crippen LogP contribution in [-0.4, -0.2) is 24.2 Å². The van der Waals surface area contributed by atoms with Gasteiger partial charge in [0.25, 0.3) is 0 Å². The van der Waals surface area contributed by atoms with E-state index in [1.165, 1.54) is 12.1 Å². The highest BCUT2D eigenvalue weighted by Crippen LogP contribution is 2.16. The molecule has 3 nitrogen and oxygen atoms in total. The Morgan fingerprint density at radius 2 is 2.40 bits per heavy atom. The Morgan fingerprint density at radius 3 is 3.07 bits per heavy atom. The van der Waals surface area contributed by atoms with Crippen molar-refractivity contribution in [1.29, 1.82) is 0 Å². The molecule has 2 rings (SSSR count). The third-order valence-corrected chi connectivity index (χ3v) is 2.66. The van der Waals surface area contributed by atoms with Crippen molar-refractivity contribution in [1.82, 2.24) is 5.01 Å². The first kappa shape index (κ1) is 10.4. The molecule has 1 fully saturated rings. The molecule has 1 saturated heterocycles. The maximum absolute atomic E-state index is 12.8. The van der Waals surface area contributed by atoms with Crippen LogP contribution in [0.1, 0.15) is 12.8 Å². The number of nitrogens with zero attached hydrogens (tertiary/aromatic N) is 1. The van der Waals surface area contributed by atoms with E-state index in [9.17, 15) is 4.39 Å². The van der Waals surface area contributed by atoms with E-state index in [1.54, 1.807) is 17.1 Å². The minimum absolute atomic E-state index is 0.258. The Hall–Kier alpha value is -1.13. The van der Waals surface area contributed by atoms with Crippen LogP contribution in [0.25, 0.3) is 0 Å². The molecule has 1 atom stereocenters. The van der Waals surface area contributed by atoms with Gasteiger partial charge in [0.1, 0.15) is 18.2 Å². The third-order valence-electron chi connectivity index (χ3n) is 2.66. The first-order chi connectivity index (χ1) is 7.25. The van der Waals surface area contributed by atoms with Crippen molar-refractivity contribution in [2.45, 2.75) is 18.9 Å². The molecule has 0 unspecified atom stereocenters. The van der Waals surface area contributed by atoms with Crippen molar-refractivity contribution in [3.05, 3.63) is 30.1 Å². The largest absolute Gasteiger partial charge is 0.492 e. The van der Waals surface area contributed by atoms with E-state index < -0.39 is 0 Å². The third kappa shape index (κ3) is 2.67. The smallest absolute Gasteiger partial charge is 0.126 e. The Bertz CT molecular complexity index is 332. The standard InChI is InChI=1S/C11H15FN2O/c12-9-3-1-5-11(7-9)15-8-10-4-2-6-14(10)13/h1,3,5,7,10H,2,4,6,8,13H2/t10-/m0/s1. The number of hydrogen-bond acceptors (Lipinski definition) is 3. The van der Waals surface area contributed by atoms with E-state index >= 15 is 0 Å². The molecule has 1 aromatic rings. The van der Waals surface area contributed by atoms with Gasteiger partial charge in [0.05, 0.1) is 6.04 Å². The number of hydrazine groups is 1. The number of hydrogen-bond donors (Lipinski definition) is 1. The van der Waals surface area contributed by atoms with Gasteiger partial charge in [-0.15, -0.1) is 0 Å². The van der Waals surface area contributed by atoms with Crippen LogP contribution in [0.3, 0.4) is 0 Å². The number of rotatable bonds is 3. The summed E-state index contributed by atoms with van der Waals surface area (Å²) >= 11 is 0. The van der Waals surface area contributed by atoms with Crippen molar-refractivity contribution in [2.75, 3.05) is 13.2 Å². The lowest BCUT2D eigenvalue weighted by molar-refractivity contribution is 0.175. The van der Waals surface area contributed by atoms with Crippen LogP contribution in [-0.2, 0) is 0 Å². The van der Waals surface area contributed by atoms with Gasteiger partial charge in [-0.25, -0.2) is 9.40 Å². The molecule has 0 amide bonds. The second-order valence-electron chi connectivity index (χ2n) is 3.80. The van der Waals surface area contributed by atoms with Gasteiger partial charge in [-0.2, -0.15) is 0 Å². The van der Waals surface area contributed by atoms with Crippen LogP contribution < -0.4 is 10.6 Å². The maximum atomic E-state index is 12.8. The number of halogens is 1. The Labute approximate surface area is 88.6 Å². The highest BCUT2D eigenvalue weighted by Gasteiger charge is 2.21. The van der Waals surface area contributed by atoms with Gasteiger partial charge in [-0.3, -0.25) is 5.84 Å². The lowest BCUT2D eigenvalue weighted by Gasteiger charge is -2.19. The van der Waals surface area contributed by atoms with Crippen molar-refractivity contribution in [3.8, 4) is 5.75 Å². The summed E-state index contributed by atoms with van der Waals surface area (Å²) in [7, 11) is 0. The quantitative estimate of drug-likeness (QED) is 0.769. The van der Waals surface area contributed by atoms with E-state index in [-0.39, 0.29) is 11.9 Å². The van der Waals surface area contributed by atoms with E-state index in [0.29, 0.717) is 12.4 Å². The van der Waals surface area contributed by atoms with Crippen molar-refractivity contribution in [3.63, 3.8) is 0 Å². The number of nitrogens with two attached hydrogens (primary N) is 1. The predicted molar refractivity (Wildman–Crippen MR) is 55.8 cm³/mol. The Kier molecular flexibility index (Phi) is 3.18. The normalized spacial score (nSPS) is 21.9. The molecule has 15 heavy (non-hydrogen) atoms. The number of ether oxygens (including phenoxy) is 1. The van der Waals surface area contributed by atoms with Gasteiger partial charge in [-0.1, -0.05) is 6.07 Å². The van der Waals surface area contributed by atoms with Gasteiger partial charge in [-0.05, 0) is 25.0 Å². The highest BCUT2D eigenvalue weighted by atomic mass is 19.1. The lowest BCUT2D eigenvalue weighted by Crippen LogP contribution is -2.39. The first-order valence-corrected chi connectivity index (χ1v) is 5.15. The van der Waals surface area contributed by atoms with Crippen LogP contribution in [0, 0.1) is 5.82 Å².